The van der Waals surface area contributed by atoms with Crippen molar-refractivity contribution in [3.63, 3.8) is 0 Å². The fraction of sp³-hybridized carbons (Fsp3) is 1.00. The van der Waals surface area contributed by atoms with Gasteiger partial charge in [-0.25, -0.2) is 0 Å². The Morgan fingerprint density at radius 3 is 2.08 bits per heavy atom. The Labute approximate surface area is 71.7 Å². The fourth-order valence-electron chi connectivity index (χ4n) is 3.02. The molecule has 0 aromatic carbocycles. The van der Waals surface area contributed by atoms with Crippen LogP contribution in [0.1, 0.15) is 13.8 Å². The summed E-state index contributed by atoms with van der Waals surface area (Å²) in [6.45, 7) is 4.26. The molecule has 4 rings (SSSR count). The molecular weight excluding hydrogens is 156 g/mol. The molecule has 0 saturated carbocycles. The van der Waals surface area contributed by atoms with Gasteiger partial charge in [0, 0.05) is 11.8 Å². The van der Waals surface area contributed by atoms with Gasteiger partial charge in [0.05, 0.1) is 18.3 Å². The van der Waals surface area contributed by atoms with Gasteiger partial charge in [0.2, 0.25) is 0 Å². The number of rotatable bonds is 0. The molecule has 12 heavy (non-hydrogen) atoms. The summed E-state index contributed by atoms with van der Waals surface area (Å²) in [6.07, 6.45) is 0.0979. The first-order chi connectivity index (χ1) is 5.70. The van der Waals surface area contributed by atoms with E-state index in [0.717, 1.165) is 0 Å². The number of aliphatic hydroxyl groups excluding tert-OH is 1. The van der Waals surface area contributed by atoms with Crippen molar-refractivity contribution in [3.05, 3.63) is 0 Å². The summed E-state index contributed by atoms with van der Waals surface area (Å²) in [7, 11) is 0. The van der Waals surface area contributed by atoms with Crippen LogP contribution >= 0.6 is 0 Å². The molecule has 1 N–H and O–H groups in total. The molecule has 0 aliphatic carbocycles. The molecule has 0 spiro atoms. The molecular formula is C9H14O3. The monoisotopic (exact) mass is 170 g/mol. The third-order valence-electron chi connectivity index (χ3n) is 3.70. The minimum atomic E-state index is -0.383. The van der Waals surface area contributed by atoms with Gasteiger partial charge < -0.3 is 14.6 Å². The molecule has 0 aromatic heterocycles. The zero-order valence-corrected chi connectivity index (χ0v) is 7.31. The van der Waals surface area contributed by atoms with E-state index in [1.807, 2.05) is 0 Å². The molecule has 4 aliphatic rings. The Kier molecular flexibility index (Phi) is 1.23. The van der Waals surface area contributed by atoms with Crippen LogP contribution in [-0.2, 0) is 9.47 Å². The summed E-state index contributed by atoms with van der Waals surface area (Å²) >= 11 is 0. The molecule has 0 aromatic rings. The first-order valence-corrected chi connectivity index (χ1v) is 4.69. The van der Waals surface area contributed by atoms with E-state index in [9.17, 15) is 5.11 Å². The summed E-state index contributed by atoms with van der Waals surface area (Å²) in [5.41, 5.74) is 0. The molecule has 4 saturated heterocycles. The molecule has 4 heterocycles. The smallest absolute Gasteiger partial charge is 0.113 e. The molecule has 68 valence electrons. The number of aliphatic hydroxyl groups is 1. The van der Waals surface area contributed by atoms with Crippen molar-refractivity contribution in [2.24, 2.45) is 11.8 Å². The SMILES string of the molecule is CC1C2OC3[C@@H](C)[C@H]1O[C@@H]3[C@H]2O. The second-order valence-electron chi connectivity index (χ2n) is 4.34. The molecule has 3 unspecified atom stereocenters. The lowest BCUT2D eigenvalue weighted by Gasteiger charge is -2.37. The number of hydrogen-bond acceptors (Lipinski definition) is 3. The van der Waals surface area contributed by atoms with Gasteiger partial charge >= 0.3 is 0 Å². The standard InChI is InChI=1S/C9H14O3/c1-3-6-4(2)8-9(11-6)5(10)7(3)12-8/h3-10H,1-2H3/t3?,4-,5-,6-,7?,8?,9+/m0/s1. The molecule has 4 bridgehead atoms. The van der Waals surface area contributed by atoms with Crippen LogP contribution in [0.15, 0.2) is 0 Å². The molecule has 4 fully saturated rings. The van der Waals surface area contributed by atoms with E-state index in [2.05, 4.69) is 13.8 Å². The van der Waals surface area contributed by atoms with Crippen LogP contribution in [-0.4, -0.2) is 35.6 Å². The Bertz CT molecular complexity index is 188. The molecule has 3 nitrogen and oxygen atoms in total. The van der Waals surface area contributed by atoms with Crippen molar-refractivity contribution in [2.45, 2.75) is 44.4 Å². The predicted octanol–water partition coefficient (Wildman–Crippen LogP) is 0.168. The predicted molar refractivity (Wildman–Crippen MR) is 41.7 cm³/mol. The van der Waals surface area contributed by atoms with Crippen LogP contribution in [0, 0.1) is 11.8 Å². The third kappa shape index (κ3) is 0.605. The lowest BCUT2D eigenvalue weighted by molar-refractivity contribution is -0.149. The Balaban J connectivity index is 2.01. The second kappa shape index (κ2) is 2.03. The third-order valence-corrected chi connectivity index (χ3v) is 3.70. The van der Waals surface area contributed by atoms with Crippen molar-refractivity contribution in [1.82, 2.24) is 0 Å². The van der Waals surface area contributed by atoms with Gasteiger partial charge in [-0.2, -0.15) is 0 Å². The molecule has 0 amide bonds. The maximum Gasteiger partial charge on any atom is 0.113 e. The molecule has 3 heteroatoms. The van der Waals surface area contributed by atoms with Crippen LogP contribution in [0.4, 0.5) is 0 Å². The summed E-state index contributed by atoms with van der Waals surface area (Å²) in [4.78, 5) is 0. The summed E-state index contributed by atoms with van der Waals surface area (Å²) in [5, 5.41) is 9.74. The summed E-state index contributed by atoms with van der Waals surface area (Å²) in [5.74, 6) is 0.809. The average molecular weight is 170 g/mol. The first kappa shape index (κ1) is 7.30. The van der Waals surface area contributed by atoms with E-state index in [-0.39, 0.29) is 24.4 Å². The Hall–Kier alpha value is -0.120. The van der Waals surface area contributed by atoms with E-state index < -0.39 is 0 Å². The first-order valence-electron chi connectivity index (χ1n) is 4.69. The van der Waals surface area contributed by atoms with Crippen molar-refractivity contribution in [1.29, 1.82) is 0 Å². The minimum Gasteiger partial charge on any atom is -0.388 e. The highest BCUT2D eigenvalue weighted by molar-refractivity contribution is 5.09. The highest BCUT2D eigenvalue weighted by Crippen LogP contribution is 2.49. The van der Waals surface area contributed by atoms with E-state index in [1.54, 1.807) is 0 Å². The van der Waals surface area contributed by atoms with Crippen molar-refractivity contribution in [3.8, 4) is 0 Å². The van der Waals surface area contributed by atoms with Gasteiger partial charge in [0.1, 0.15) is 12.2 Å². The van der Waals surface area contributed by atoms with E-state index in [4.69, 9.17) is 9.47 Å². The van der Waals surface area contributed by atoms with Crippen LogP contribution < -0.4 is 0 Å². The highest BCUT2D eigenvalue weighted by atomic mass is 16.6. The van der Waals surface area contributed by atoms with E-state index in [0.29, 0.717) is 17.9 Å². The van der Waals surface area contributed by atoms with Crippen molar-refractivity contribution in [2.75, 3.05) is 0 Å². The van der Waals surface area contributed by atoms with Gasteiger partial charge in [-0.15, -0.1) is 0 Å². The largest absolute Gasteiger partial charge is 0.388 e. The van der Waals surface area contributed by atoms with Crippen molar-refractivity contribution < 1.29 is 14.6 Å². The average Bonchev–Trinajstić information content (AvgIpc) is 2.43. The van der Waals surface area contributed by atoms with Crippen LogP contribution in [0.25, 0.3) is 0 Å². The molecule has 4 aliphatic heterocycles. The lowest BCUT2D eigenvalue weighted by atomic mass is 9.87. The van der Waals surface area contributed by atoms with Crippen LogP contribution in [0.2, 0.25) is 0 Å². The molecule has 7 atom stereocenters. The number of ether oxygens (including phenoxy) is 2. The van der Waals surface area contributed by atoms with Crippen LogP contribution in [0.3, 0.4) is 0 Å². The maximum atomic E-state index is 9.74. The zero-order valence-electron chi connectivity index (χ0n) is 7.31. The Morgan fingerprint density at radius 2 is 1.42 bits per heavy atom. The van der Waals surface area contributed by atoms with Gasteiger partial charge in [-0.3, -0.25) is 0 Å². The fourth-order valence-corrected chi connectivity index (χ4v) is 3.02. The van der Waals surface area contributed by atoms with Gasteiger partial charge in [0.25, 0.3) is 0 Å². The summed E-state index contributed by atoms with van der Waals surface area (Å²) < 4.78 is 11.4. The summed E-state index contributed by atoms with van der Waals surface area (Å²) in [6, 6.07) is 0. The molecule has 0 radical (unpaired) electrons. The quantitative estimate of drug-likeness (QED) is 0.563. The van der Waals surface area contributed by atoms with Crippen LogP contribution in [0.5, 0.6) is 0 Å². The highest BCUT2D eigenvalue weighted by Gasteiger charge is 2.63. The van der Waals surface area contributed by atoms with Gasteiger partial charge in [-0.05, 0) is 0 Å². The Morgan fingerprint density at radius 1 is 0.833 bits per heavy atom. The topological polar surface area (TPSA) is 38.7 Å². The lowest BCUT2D eigenvalue weighted by Crippen LogP contribution is -2.47. The maximum absolute atomic E-state index is 9.74. The van der Waals surface area contributed by atoms with E-state index >= 15 is 0 Å². The van der Waals surface area contributed by atoms with Gasteiger partial charge in [0.15, 0.2) is 0 Å². The second-order valence-corrected chi connectivity index (χ2v) is 4.34. The number of hydrogen-bond donors (Lipinski definition) is 1. The van der Waals surface area contributed by atoms with Gasteiger partial charge in [-0.1, -0.05) is 13.8 Å². The van der Waals surface area contributed by atoms with Crippen molar-refractivity contribution >= 4 is 0 Å². The normalized spacial score (nSPS) is 67.8. The minimum absolute atomic E-state index is 0.0359. The van der Waals surface area contributed by atoms with E-state index in [1.165, 1.54) is 0 Å². The zero-order chi connectivity index (χ0) is 8.46.